The topological polar surface area (TPSA) is 41.1 Å². The fraction of sp³-hybridized carbons (Fsp3) is 0.176. The molecule has 2 aromatic carbocycles. The lowest BCUT2D eigenvalue weighted by Crippen LogP contribution is -2.34. The summed E-state index contributed by atoms with van der Waals surface area (Å²) in [6, 6.07) is 16.8. The summed E-state index contributed by atoms with van der Waals surface area (Å²) in [5.74, 6) is -0.0222. The van der Waals surface area contributed by atoms with Crippen molar-refractivity contribution in [3.05, 3.63) is 65.7 Å². The number of anilines is 1. The number of carbonyl (C=O) groups excluding carboxylic acids is 1. The quantitative estimate of drug-likeness (QED) is 0.668. The normalized spacial score (nSPS) is 10.2. The molecule has 4 heteroatoms. The number of para-hydroxylation sites is 1. The Morgan fingerprint density at radius 1 is 1.00 bits per heavy atom. The minimum absolute atomic E-state index is 0.0222. The van der Waals surface area contributed by atoms with E-state index >= 15 is 0 Å². The van der Waals surface area contributed by atoms with Crippen LogP contribution in [0.25, 0.3) is 0 Å². The smallest absolute Gasteiger partial charge is 0.195 e. The standard InChI is InChI=1S/C17H18N2OS/c1-12(2)18-17(21)19-15-11-7-6-10-14(15)16(20)13-8-4-3-5-9-13/h3-12H,1-2H3,(H2,18,19,21). The van der Waals surface area contributed by atoms with Crippen LogP contribution in [0.15, 0.2) is 54.6 Å². The number of nitrogens with one attached hydrogen (secondary N) is 2. The zero-order valence-corrected chi connectivity index (χ0v) is 12.9. The number of carbonyl (C=O) groups is 1. The van der Waals surface area contributed by atoms with E-state index in [1.807, 2.05) is 62.4 Å². The lowest BCUT2D eigenvalue weighted by atomic mass is 10.0. The van der Waals surface area contributed by atoms with E-state index in [4.69, 9.17) is 12.2 Å². The van der Waals surface area contributed by atoms with Gasteiger partial charge in [-0.3, -0.25) is 4.79 Å². The molecule has 0 aromatic heterocycles. The Bertz CT molecular complexity index is 638. The summed E-state index contributed by atoms with van der Waals surface area (Å²) < 4.78 is 0. The Morgan fingerprint density at radius 3 is 2.29 bits per heavy atom. The van der Waals surface area contributed by atoms with Gasteiger partial charge in [0.05, 0.1) is 5.69 Å². The highest BCUT2D eigenvalue weighted by atomic mass is 32.1. The van der Waals surface area contributed by atoms with E-state index in [0.717, 1.165) is 0 Å². The molecule has 0 spiro atoms. The van der Waals surface area contributed by atoms with Crippen LogP contribution in [0.1, 0.15) is 29.8 Å². The van der Waals surface area contributed by atoms with Crippen molar-refractivity contribution >= 4 is 28.8 Å². The van der Waals surface area contributed by atoms with Gasteiger partial charge in [0.2, 0.25) is 0 Å². The SMILES string of the molecule is CC(C)NC(=S)Nc1ccccc1C(=O)c1ccccc1. The molecule has 0 amide bonds. The van der Waals surface area contributed by atoms with E-state index in [1.54, 1.807) is 6.07 Å². The van der Waals surface area contributed by atoms with E-state index < -0.39 is 0 Å². The molecule has 0 atom stereocenters. The molecule has 2 aromatic rings. The first-order valence-corrected chi connectivity index (χ1v) is 7.25. The van der Waals surface area contributed by atoms with Crippen LogP contribution in [0.4, 0.5) is 5.69 Å². The van der Waals surface area contributed by atoms with Crippen LogP contribution in [0, 0.1) is 0 Å². The maximum Gasteiger partial charge on any atom is 0.195 e. The molecule has 0 fully saturated rings. The monoisotopic (exact) mass is 298 g/mol. The number of benzene rings is 2. The van der Waals surface area contributed by atoms with Crippen LogP contribution in [-0.2, 0) is 0 Å². The maximum absolute atomic E-state index is 12.6. The van der Waals surface area contributed by atoms with Crippen molar-refractivity contribution in [2.45, 2.75) is 19.9 Å². The number of ketones is 1. The van der Waals surface area contributed by atoms with E-state index in [9.17, 15) is 4.79 Å². The number of hydrogen-bond acceptors (Lipinski definition) is 2. The lowest BCUT2D eigenvalue weighted by molar-refractivity contribution is 0.103. The van der Waals surface area contributed by atoms with Gasteiger partial charge in [0.25, 0.3) is 0 Å². The predicted molar refractivity (Wildman–Crippen MR) is 90.8 cm³/mol. The summed E-state index contributed by atoms with van der Waals surface area (Å²) in [6.45, 7) is 4.02. The Hall–Kier alpha value is -2.20. The Labute approximate surface area is 130 Å². The van der Waals surface area contributed by atoms with Gasteiger partial charge in [-0.1, -0.05) is 42.5 Å². The molecule has 0 radical (unpaired) electrons. The minimum atomic E-state index is -0.0222. The summed E-state index contributed by atoms with van der Waals surface area (Å²) >= 11 is 5.24. The zero-order valence-electron chi connectivity index (χ0n) is 12.1. The number of rotatable bonds is 4. The van der Waals surface area contributed by atoms with Crippen molar-refractivity contribution in [2.75, 3.05) is 5.32 Å². The first-order valence-electron chi connectivity index (χ1n) is 6.84. The van der Waals surface area contributed by atoms with Crippen molar-refractivity contribution in [2.24, 2.45) is 0 Å². The molecule has 21 heavy (non-hydrogen) atoms. The highest BCUT2D eigenvalue weighted by Crippen LogP contribution is 2.19. The van der Waals surface area contributed by atoms with Crippen LogP contribution < -0.4 is 10.6 Å². The third-order valence-corrected chi connectivity index (χ3v) is 3.10. The largest absolute Gasteiger partial charge is 0.360 e. The van der Waals surface area contributed by atoms with E-state index in [0.29, 0.717) is 21.9 Å². The number of hydrogen-bond donors (Lipinski definition) is 2. The van der Waals surface area contributed by atoms with Crippen molar-refractivity contribution in [1.82, 2.24) is 5.32 Å². The minimum Gasteiger partial charge on any atom is -0.360 e. The van der Waals surface area contributed by atoms with Crippen molar-refractivity contribution < 1.29 is 4.79 Å². The summed E-state index contributed by atoms with van der Waals surface area (Å²) in [4.78, 5) is 12.6. The van der Waals surface area contributed by atoms with Gasteiger partial charge in [0.1, 0.15) is 0 Å². The zero-order chi connectivity index (χ0) is 15.2. The first kappa shape index (κ1) is 15.2. The molecule has 3 nitrogen and oxygen atoms in total. The third kappa shape index (κ3) is 4.13. The average Bonchev–Trinajstić information content (AvgIpc) is 2.47. The molecular weight excluding hydrogens is 280 g/mol. The third-order valence-electron chi connectivity index (χ3n) is 2.88. The molecule has 0 bridgehead atoms. The van der Waals surface area contributed by atoms with Crippen LogP contribution in [0.3, 0.4) is 0 Å². The van der Waals surface area contributed by atoms with Gasteiger partial charge in [0.15, 0.2) is 10.9 Å². The van der Waals surface area contributed by atoms with Crippen LogP contribution >= 0.6 is 12.2 Å². The van der Waals surface area contributed by atoms with Crippen LogP contribution in [0.2, 0.25) is 0 Å². The van der Waals surface area contributed by atoms with E-state index in [2.05, 4.69) is 10.6 Å². The molecule has 0 heterocycles. The van der Waals surface area contributed by atoms with Crippen molar-refractivity contribution in [1.29, 1.82) is 0 Å². The van der Waals surface area contributed by atoms with Gasteiger partial charge in [-0.2, -0.15) is 0 Å². The summed E-state index contributed by atoms with van der Waals surface area (Å²) in [6.07, 6.45) is 0. The molecule has 2 rings (SSSR count). The molecule has 2 N–H and O–H groups in total. The second-order valence-electron chi connectivity index (χ2n) is 4.99. The molecule has 108 valence electrons. The highest BCUT2D eigenvalue weighted by Gasteiger charge is 2.13. The molecular formula is C17H18N2OS. The van der Waals surface area contributed by atoms with Crippen molar-refractivity contribution in [3.8, 4) is 0 Å². The molecule has 0 saturated heterocycles. The van der Waals surface area contributed by atoms with Gasteiger partial charge in [0, 0.05) is 17.2 Å². The second-order valence-corrected chi connectivity index (χ2v) is 5.40. The second kappa shape index (κ2) is 6.99. The van der Waals surface area contributed by atoms with Gasteiger partial charge in [-0.25, -0.2) is 0 Å². The molecule has 0 aliphatic carbocycles. The van der Waals surface area contributed by atoms with Crippen LogP contribution in [0.5, 0.6) is 0 Å². The van der Waals surface area contributed by atoms with Crippen molar-refractivity contribution in [3.63, 3.8) is 0 Å². The average molecular weight is 298 g/mol. The maximum atomic E-state index is 12.6. The van der Waals surface area contributed by atoms with Gasteiger partial charge in [-0.05, 0) is 38.2 Å². The highest BCUT2D eigenvalue weighted by molar-refractivity contribution is 7.80. The molecule has 0 unspecified atom stereocenters. The Morgan fingerprint density at radius 2 is 1.62 bits per heavy atom. The fourth-order valence-corrected chi connectivity index (χ4v) is 2.30. The Balaban J connectivity index is 2.25. The summed E-state index contributed by atoms with van der Waals surface area (Å²) in [5.41, 5.74) is 1.98. The van der Waals surface area contributed by atoms with Gasteiger partial charge in [-0.15, -0.1) is 0 Å². The molecule has 0 aliphatic heterocycles. The first-order chi connectivity index (χ1) is 10.1. The van der Waals surface area contributed by atoms with E-state index in [1.165, 1.54) is 0 Å². The molecule has 0 aliphatic rings. The number of thiocarbonyl (C=S) groups is 1. The Kier molecular flexibility index (Phi) is 5.06. The van der Waals surface area contributed by atoms with Crippen LogP contribution in [-0.4, -0.2) is 16.9 Å². The van der Waals surface area contributed by atoms with E-state index in [-0.39, 0.29) is 11.8 Å². The van der Waals surface area contributed by atoms with Gasteiger partial charge >= 0.3 is 0 Å². The predicted octanol–water partition coefficient (Wildman–Crippen LogP) is 3.61. The lowest BCUT2D eigenvalue weighted by Gasteiger charge is -2.15. The molecule has 0 saturated carbocycles. The fourth-order valence-electron chi connectivity index (χ4n) is 1.96. The van der Waals surface area contributed by atoms with Gasteiger partial charge < -0.3 is 10.6 Å². The summed E-state index contributed by atoms with van der Waals surface area (Å²) in [7, 11) is 0. The summed E-state index contributed by atoms with van der Waals surface area (Å²) in [5, 5.41) is 6.71.